The van der Waals surface area contributed by atoms with Crippen molar-refractivity contribution in [2.75, 3.05) is 12.3 Å². The lowest BCUT2D eigenvalue weighted by molar-refractivity contribution is 0.0940. The van der Waals surface area contributed by atoms with Gasteiger partial charge in [-0.25, -0.2) is 0 Å². The number of aromatic amines is 1. The Morgan fingerprint density at radius 1 is 1.41 bits per heavy atom. The molecular formula is C11H19N5O. The van der Waals surface area contributed by atoms with Crippen molar-refractivity contribution in [1.82, 2.24) is 20.5 Å². The van der Waals surface area contributed by atoms with Gasteiger partial charge in [-0.3, -0.25) is 9.89 Å². The van der Waals surface area contributed by atoms with Crippen molar-refractivity contribution in [2.24, 2.45) is 5.92 Å². The van der Waals surface area contributed by atoms with Gasteiger partial charge in [0.15, 0.2) is 0 Å². The number of carbonyl (C=O) groups is 1. The number of nitrogen functional groups attached to an aromatic ring is 1. The van der Waals surface area contributed by atoms with Gasteiger partial charge in [-0.15, -0.1) is 5.10 Å². The maximum atomic E-state index is 11.6. The number of H-pyrrole nitrogens is 1. The molecule has 1 aliphatic carbocycles. The molecule has 1 heterocycles. The van der Waals surface area contributed by atoms with E-state index < -0.39 is 0 Å². The molecule has 0 bridgehead atoms. The summed E-state index contributed by atoms with van der Waals surface area (Å²) < 4.78 is 0. The van der Waals surface area contributed by atoms with Crippen LogP contribution < -0.4 is 11.1 Å². The minimum Gasteiger partial charge on any atom is -0.366 e. The second kappa shape index (κ2) is 5.65. The van der Waals surface area contributed by atoms with Crippen molar-refractivity contribution < 1.29 is 4.79 Å². The van der Waals surface area contributed by atoms with E-state index in [2.05, 4.69) is 20.5 Å². The average molecular weight is 237 g/mol. The predicted molar refractivity (Wildman–Crippen MR) is 64.3 cm³/mol. The first-order chi connectivity index (χ1) is 8.25. The highest BCUT2D eigenvalue weighted by Gasteiger charge is 2.14. The van der Waals surface area contributed by atoms with Crippen molar-refractivity contribution in [1.29, 1.82) is 0 Å². The third kappa shape index (κ3) is 3.44. The van der Waals surface area contributed by atoms with Gasteiger partial charge in [-0.05, 0) is 12.3 Å². The molecule has 1 aromatic heterocycles. The number of rotatable bonds is 4. The van der Waals surface area contributed by atoms with Gasteiger partial charge in [0.05, 0.1) is 0 Å². The molecule has 94 valence electrons. The van der Waals surface area contributed by atoms with Crippen LogP contribution >= 0.6 is 0 Å². The minimum atomic E-state index is -0.231. The van der Waals surface area contributed by atoms with Crippen LogP contribution in [0.25, 0.3) is 0 Å². The number of nitrogens with two attached hydrogens (primary N) is 1. The van der Waals surface area contributed by atoms with Crippen LogP contribution in [0.15, 0.2) is 0 Å². The third-order valence-electron chi connectivity index (χ3n) is 3.28. The van der Waals surface area contributed by atoms with Crippen LogP contribution in [0, 0.1) is 5.92 Å². The molecule has 17 heavy (non-hydrogen) atoms. The van der Waals surface area contributed by atoms with E-state index in [0.717, 1.165) is 12.3 Å². The molecule has 0 aromatic carbocycles. The first kappa shape index (κ1) is 11.9. The molecule has 1 fully saturated rings. The van der Waals surface area contributed by atoms with E-state index in [1.165, 1.54) is 32.1 Å². The zero-order valence-electron chi connectivity index (χ0n) is 9.91. The first-order valence-corrected chi connectivity index (χ1v) is 6.22. The summed E-state index contributed by atoms with van der Waals surface area (Å²) in [6.45, 7) is 0.699. The third-order valence-corrected chi connectivity index (χ3v) is 3.28. The van der Waals surface area contributed by atoms with Crippen LogP contribution in [-0.4, -0.2) is 27.6 Å². The smallest absolute Gasteiger partial charge is 0.288 e. The fourth-order valence-corrected chi connectivity index (χ4v) is 2.33. The summed E-state index contributed by atoms with van der Waals surface area (Å²) in [5.74, 6) is 0.822. The van der Waals surface area contributed by atoms with Crippen molar-refractivity contribution in [3.8, 4) is 0 Å². The number of carbonyl (C=O) groups excluding carboxylic acids is 1. The number of hydrogen-bond acceptors (Lipinski definition) is 4. The Balaban J connectivity index is 1.69. The quantitative estimate of drug-likeness (QED) is 0.730. The van der Waals surface area contributed by atoms with Crippen molar-refractivity contribution in [3.63, 3.8) is 0 Å². The van der Waals surface area contributed by atoms with Crippen LogP contribution in [-0.2, 0) is 0 Å². The van der Waals surface area contributed by atoms with E-state index >= 15 is 0 Å². The molecule has 0 spiro atoms. The monoisotopic (exact) mass is 237 g/mol. The molecule has 6 heteroatoms. The molecule has 1 amide bonds. The fourth-order valence-electron chi connectivity index (χ4n) is 2.33. The Morgan fingerprint density at radius 2 is 2.18 bits per heavy atom. The Morgan fingerprint density at radius 3 is 2.82 bits per heavy atom. The van der Waals surface area contributed by atoms with Gasteiger partial charge >= 0.3 is 0 Å². The zero-order chi connectivity index (χ0) is 12.1. The molecule has 1 aromatic rings. The molecule has 0 radical (unpaired) electrons. The maximum Gasteiger partial charge on any atom is 0.288 e. The van der Waals surface area contributed by atoms with Crippen LogP contribution in [0.2, 0.25) is 0 Å². The molecule has 0 atom stereocenters. The van der Waals surface area contributed by atoms with Gasteiger partial charge in [0.1, 0.15) is 0 Å². The fraction of sp³-hybridized carbons (Fsp3) is 0.727. The van der Waals surface area contributed by atoms with Crippen molar-refractivity contribution >= 4 is 11.9 Å². The van der Waals surface area contributed by atoms with E-state index in [9.17, 15) is 4.79 Å². The average Bonchev–Trinajstić information content (AvgIpc) is 2.77. The van der Waals surface area contributed by atoms with Gasteiger partial charge < -0.3 is 11.1 Å². The Hall–Kier alpha value is -1.59. The predicted octanol–water partition coefficient (Wildman–Crippen LogP) is 1.09. The highest BCUT2D eigenvalue weighted by Crippen LogP contribution is 2.25. The van der Waals surface area contributed by atoms with E-state index in [0.29, 0.717) is 6.54 Å². The highest BCUT2D eigenvalue weighted by atomic mass is 16.2. The standard InChI is InChI=1S/C11H19N5O/c12-11-14-9(15-16-11)10(17)13-7-6-8-4-2-1-3-5-8/h8H,1-7H2,(H,13,17)(H3,12,14,15,16). The van der Waals surface area contributed by atoms with Crippen molar-refractivity contribution in [3.05, 3.63) is 5.82 Å². The van der Waals surface area contributed by atoms with Crippen LogP contribution in [0.1, 0.15) is 49.1 Å². The SMILES string of the molecule is Nc1n[nH]c(C(=O)NCCC2CCCCC2)n1. The zero-order valence-corrected chi connectivity index (χ0v) is 9.91. The lowest BCUT2D eigenvalue weighted by Gasteiger charge is -2.21. The van der Waals surface area contributed by atoms with Crippen LogP contribution in [0.3, 0.4) is 0 Å². The molecule has 2 rings (SSSR count). The van der Waals surface area contributed by atoms with E-state index in [4.69, 9.17) is 5.73 Å². The number of hydrogen-bond donors (Lipinski definition) is 3. The molecule has 4 N–H and O–H groups in total. The van der Waals surface area contributed by atoms with Gasteiger partial charge in [0.25, 0.3) is 5.91 Å². The second-order valence-corrected chi connectivity index (χ2v) is 4.59. The molecule has 0 aliphatic heterocycles. The molecule has 1 aliphatic rings. The number of nitrogens with one attached hydrogen (secondary N) is 2. The summed E-state index contributed by atoms with van der Waals surface area (Å²) in [6, 6.07) is 0. The van der Waals surface area contributed by atoms with E-state index in [1.807, 2.05) is 0 Å². The Bertz CT molecular complexity index is 370. The largest absolute Gasteiger partial charge is 0.366 e. The lowest BCUT2D eigenvalue weighted by atomic mass is 9.87. The summed E-state index contributed by atoms with van der Waals surface area (Å²) in [5.41, 5.74) is 5.33. The summed E-state index contributed by atoms with van der Waals surface area (Å²) in [6.07, 6.45) is 7.67. The van der Waals surface area contributed by atoms with E-state index in [-0.39, 0.29) is 17.7 Å². The molecular weight excluding hydrogens is 218 g/mol. The summed E-state index contributed by atoms with van der Waals surface area (Å²) in [4.78, 5) is 15.4. The normalized spacial score (nSPS) is 16.9. The second-order valence-electron chi connectivity index (χ2n) is 4.59. The number of anilines is 1. The Labute approximate surface area is 100 Å². The van der Waals surface area contributed by atoms with Crippen LogP contribution in [0.4, 0.5) is 5.95 Å². The lowest BCUT2D eigenvalue weighted by Crippen LogP contribution is -2.27. The minimum absolute atomic E-state index is 0.0995. The number of nitrogens with zero attached hydrogens (tertiary/aromatic N) is 2. The topological polar surface area (TPSA) is 96.7 Å². The van der Waals surface area contributed by atoms with Gasteiger partial charge in [-0.1, -0.05) is 32.1 Å². The summed E-state index contributed by atoms with van der Waals surface area (Å²) in [7, 11) is 0. The van der Waals surface area contributed by atoms with Gasteiger partial charge in [0.2, 0.25) is 11.8 Å². The number of aromatic nitrogens is 3. The van der Waals surface area contributed by atoms with Crippen LogP contribution in [0.5, 0.6) is 0 Å². The highest BCUT2D eigenvalue weighted by molar-refractivity contribution is 5.90. The number of amides is 1. The van der Waals surface area contributed by atoms with Gasteiger partial charge in [-0.2, -0.15) is 4.98 Å². The Kier molecular flexibility index (Phi) is 3.95. The maximum absolute atomic E-state index is 11.6. The first-order valence-electron chi connectivity index (χ1n) is 6.22. The molecule has 0 saturated heterocycles. The van der Waals surface area contributed by atoms with Crippen molar-refractivity contribution in [2.45, 2.75) is 38.5 Å². The molecule has 0 unspecified atom stereocenters. The van der Waals surface area contributed by atoms with E-state index in [1.54, 1.807) is 0 Å². The molecule has 6 nitrogen and oxygen atoms in total. The summed E-state index contributed by atoms with van der Waals surface area (Å²) >= 11 is 0. The van der Waals surface area contributed by atoms with Gasteiger partial charge in [0, 0.05) is 6.54 Å². The molecule has 1 saturated carbocycles. The summed E-state index contributed by atoms with van der Waals surface area (Å²) in [5, 5.41) is 8.94.